The van der Waals surface area contributed by atoms with Crippen LogP contribution in [0, 0.1) is 0 Å². The smallest absolute Gasteiger partial charge is 0.164 e. The van der Waals surface area contributed by atoms with Crippen LogP contribution in [-0.4, -0.2) is 15.0 Å². The summed E-state index contributed by atoms with van der Waals surface area (Å²) in [6, 6.07) is 101. The number of aromatic nitrogens is 3. The Hall–Kier alpha value is -9.67. The van der Waals surface area contributed by atoms with Gasteiger partial charge in [0.05, 0.1) is 22.7 Å². The first kappa shape index (κ1) is 46.8. The predicted octanol–water partition coefficient (Wildman–Crippen LogP) is 19.7. The zero-order valence-corrected chi connectivity index (χ0v) is 43.7. The largest absolute Gasteiger partial charge is 0.310 e. The molecule has 0 bridgehead atoms. The second kappa shape index (κ2) is 20.5. The van der Waals surface area contributed by atoms with Crippen molar-refractivity contribution in [3.8, 4) is 34.2 Å². The summed E-state index contributed by atoms with van der Waals surface area (Å²) in [5.74, 6) is 1.78. The van der Waals surface area contributed by atoms with E-state index in [9.17, 15) is 0 Å². The number of benzene rings is 11. The van der Waals surface area contributed by atoms with Crippen molar-refractivity contribution in [2.24, 2.45) is 0 Å². The first-order chi connectivity index (χ1) is 38.7. The van der Waals surface area contributed by atoms with Crippen molar-refractivity contribution in [1.82, 2.24) is 15.0 Å². The lowest BCUT2D eigenvalue weighted by Gasteiger charge is -2.34. The minimum absolute atomic E-state index is 0.588. The van der Waals surface area contributed by atoms with Gasteiger partial charge in [0, 0.05) is 81.8 Å². The summed E-state index contributed by atoms with van der Waals surface area (Å²) >= 11 is 3.63. The van der Waals surface area contributed by atoms with E-state index in [1.165, 1.54) is 19.6 Å². The zero-order valence-electron chi connectivity index (χ0n) is 42.1. The highest BCUT2D eigenvalue weighted by molar-refractivity contribution is 8.00. The third-order valence-electron chi connectivity index (χ3n) is 14.0. The quantitative estimate of drug-likeness (QED) is 0.126. The summed E-state index contributed by atoms with van der Waals surface area (Å²) in [7, 11) is 0. The summed E-state index contributed by atoms with van der Waals surface area (Å²) in [6.07, 6.45) is 0. The Morgan fingerprint density at radius 1 is 0.244 bits per heavy atom. The monoisotopic (exact) mass is 1040 g/mol. The van der Waals surface area contributed by atoms with Gasteiger partial charge in [-0.2, -0.15) is 0 Å². The first-order valence-electron chi connectivity index (χ1n) is 25.9. The van der Waals surface area contributed by atoms with E-state index >= 15 is 0 Å². The number of hydrogen-bond acceptors (Lipinski definition) is 9. The van der Waals surface area contributed by atoms with Crippen LogP contribution in [0.3, 0.4) is 0 Å². The summed E-state index contributed by atoms with van der Waals surface area (Å²) < 4.78 is 0. The van der Waals surface area contributed by atoms with Crippen LogP contribution >= 0.6 is 23.5 Å². The van der Waals surface area contributed by atoms with Crippen LogP contribution < -0.4 is 19.6 Å². The van der Waals surface area contributed by atoms with E-state index in [1.54, 1.807) is 0 Å². The lowest BCUT2D eigenvalue weighted by atomic mass is 10.1. The molecule has 0 saturated heterocycles. The van der Waals surface area contributed by atoms with Crippen molar-refractivity contribution in [3.05, 3.63) is 285 Å². The van der Waals surface area contributed by atoms with E-state index in [0.29, 0.717) is 17.5 Å². The van der Waals surface area contributed by atoms with E-state index in [0.717, 1.165) is 84.9 Å². The van der Waals surface area contributed by atoms with Crippen LogP contribution in [0.15, 0.2) is 305 Å². The highest BCUT2D eigenvalue weighted by Crippen LogP contribution is 2.54. The van der Waals surface area contributed by atoms with Gasteiger partial charge in [0.15, 0.2) is 17.5 Å². The highest BCUT2D eigenvalue weighted by Gasteiger charge is 2.27. The van der Waals surface area contributed by atoms with Crippen molar-refractivity contribution < 1.29 is 0 Å². The number of hydrogen-bond donors (Lipinski definition) is 0. The third kappa shape index (κ3) is 8.90. The fourth-order valence-corrected chi connectivity index (χ4v) is 12.5. The van der Waals surface area contributed by atoms with Gasteiger partial charge in [-0.25, -0.2) is 15.0 Å². The fraction of sp³-hybridized carbons (Fsp3) is 0. The molecule has 370 valence electrons. The van der Waals surface area contributed by atoms with Crippen LogP contribution in [0.4, 0.5) is 68.2 Å². The van der Waals surface area contributed by atoms with E-state index in [1.807, 2.05) is 53.9 Å². The molecule has 14 rings (SSSR count). The van der Waals surface area contributed by atoms with Crippen LogP contribution in [0.5, 0.6) is 0 Å². The molecule has 7 nitrogen and oxygen atoms in total. The molecule has 12 aromatic rings. The molecule has 0 N–H and O–H groups in total. The Labute approximate surface area is 462 Å². The van der Waals surface area contributed by atoms with Gasteiger partial charge >= 0.3 is 0 Å². The molecule has 0 radical (unpaired) electrons. The van der Waals surface area contributed by atoms with E-state index in [4.69, 9.17) is 15.0 Å². The Kier molecular flexibility index (Phi) is 12.3. The van der Waals surface area contributed by atoms with E-state index in [2.05, 4.69) is 274 Å². The van der Waals surface area contributed by atoms with Crippen LogP contribution in [0.1, 0.15) is 0 Å². The van der Waals surface area contributed by atoms with E-state index < -0.39 is 0 Å². The molecule has 2 aliphatic rings. The maximum absolute atomic E-state index is 5.22. The molecule has 0 aliphatic carbocycles. The fourth-order valence-electron chi connectivity index (χ4n) is 10.4. The van der Waals surface area contributed by atoms with Crippen molar-refractivity contribution in [2.45, 2.75) is 19.6 Å². The van der Waals surface area contributed by atoms with Gasteiger partial charge in [0.25, 0.3) is 0 Å². The lowest BCUT2D eigenvalue weighted by molar-refractivity contribution is 1.07. The number of nitrogens with zero attached hydrogens (tertiary/aromatic N) is 7. The number of anilines is 12. The number of para-hydroxylation sites is 6. The standard InChI is InChI=1S/C69H47N7S2/c1-4-20-48(21-5-1)67-70-68(49-38-42-53(43-39-49)73(51-22-6-2-7-23-51)55-26-18-28-57(46-55)75-59-30-10-14-34-63(59)77-64-35-15-11-31-60(64)75)72-69(71-67)50-40-44-54(45-41-50)74(52-24-8-3-9-25-52)56-27-19-29-58(47-56)76-61-32-12-16-36-65(61)78-66-37-17-13-33-62(66)76/h1-47H. The molecule has 1 aromatic heterocycles. The topological polar surface area (TPSA) is 51.6 Å². The van der Waals surface area contributed by atoms with Crippen molar-refractivity contribution in [1.29, 1.82) is 0 Å². The normalized spacial score (nSPS) is 12.2. The maximum Gasteiger partial charge on any atom is 0.164 e. The maximum atomic E-state index is 5.22. The van der Waals surface area contributed by atoms with E-state index in [-0.39, 0.29) is 0 Å². The van der Waals surface area contributed by atoms with Crippen LogP contribution in [0.2, 0.25) is 0 Å². The molecule has 0 spiro atoms. The molecule has 2 aliphatic heterocycles. The van der Waals surface area contributed by atoms with Gasteiger partial charge in [0.1, 0.15) is 0 Å². The molecule has 9 heteroatoms. The van der Waals surface area contributed by atoms with Crippen molar-refractivity contribution in [3.63, 3.8) is 0 Å². The molecule has 0 atom stereocenters. The molecular weight excluding hydrogens is 991 g/mol. The van der Waals surface area contributed by atoms with Gasteiger partial charge in [-0.1, -0.05) is 151 Å². The minimum Gasteiger partial charge on any atom is -0.310 e. The molecule has 11 aromatic carbocycles. The summed E-state index contributed by atoms with van der Waals surface area (Å²) in [5, 5.41) is 0. The van der Waals surface area contributed by atoms with Gasteiger partial charge < -0.3 is 19.6 Å². The number of rotatable bonds is 11. The van der Waals surface area contributed by atoms with Gasteiger partial charge in [-0.15, -0.1) is 0 Å². The van der Waals surface area contributed by atoms with Crippen LogP contribution in [-0.2, 0) is 0 Å². The van der Waals surface area contributed by atoms with Crippen molar-refractivity contribution >= 4 is 91.8 Å². The van der Waals surface area contributed by atoms with Crippen molar-refractivity contribution in [2.75, 3.05) is 19.6 Å². The highest BCUT2D eigenvalue weighted by atomic mass is 32.2. The SMILES string of the molecule is c1ccc(-c2nc(-c3ccc(N(c4ccccc4)c4cccc(N5c6ccccc6Sc6ccccc65)c4)cc3)nc(-c3ccc(N(c4ccccc4)c4cccc(N5c6ccccc6Sc6ccccc65)c4)cc3)n2)cc1. The number of fused-ring (bicyclic) bond motifs is 4. The lowest BCUT2D eigenvalue weighted by Crippen LogP contribution is -2.16. The Balaban J connectivity index is 0.815. The minimum atomic E-state index is 0.588. The molecule has 78 heavy (non-hydrogen) atoms. The molecule has 0 fully saturated rings. The Morgan fingerprint density at radius 2 is 0.526 bits per heavy atom. The zero-order chi connectivity index (χ0) is 51.8. The molecule has 0 saturated carbocycles. The van der Waals surface area contributed by atoms with Crippen LogP contribution in [0.25, 0.3) is 34.2 Å². The average Bonchev–Trinajstić information content (AvgIpc) is 3.54. The molecule has 3 heterocycles. The predicted molar refractivity (Wildman–Crippen MR) is 323 cm³/mol. The third-order valence-corrected chi connectivity index (χ3v) is 16.3. The second-order valence-electron chi connectivity index (χ2n) is 18.9. The summed E-state index contributed by atoms with van der Waals surface area (Å²) in [6.45, 7) is 0. The summed E-state index contributed by atoms with van der Waals surface area (Å²) in [4.78, 5) is 29.7. The van der Waals surface area contributed by atoms with Gasteiger partial charge in [-0.05, 0) is 158 Å². The molecular formula is C69H47N7S2. The Bertz CT molecular complexity index is 3790. The first-order valence-corrected chi connectivity index (χ1v) is 27.6. The van der Waals surface area contributed by atoms with Gasteiger partial charge in [0.2, 0.25) is 0 Å². The Morgan fingerprint density at radius 3 is 0.885 bits per heavy atom. The molecule has 0 unspecified atom stereocenters. The molecule has 0 amide bonds. The summed E-state index contributed by atoms with van der Waals surface area (Å²) in [5.41, 5.74) is 15.7. The second-order valence-corrected chi connectivity index (χ2v) is 21.1. The average molecular weight is 1040 g/mol. The van der Waals surface area contributed by atoms with Gasteiger partial charge in [-0.3, -0.25) is 0 Å².